The third-order valence-electron chi connectivity index (χ3n) is 3.51. The van der Waals surface area contributed by atoms with Crippen molar-refractivity contribution >= 4 is 34.3 Å². The minimum absolute atomic E-state index is 0.102. The first-order valence-electron chi connectivity index (χ1n) is 7.12. The van der Waals surface area contributed by atoms with Gasteiger partial charge in [0.05, 0.1) is 21.9 Å². The van der Waals surface area contributed by atoms with Crippen LogP contribution in [-0.2, 0) is 13.6 Å². The molecular weight excluding hydrogens is 469 g/mol. The fourth-order valence-electron chi connectivity index (χ4n) is 2.28. The Balaban J connectivity index is 1.80. The smallest absolute Gasteiger partial charge is 0.276 e. The van der Waals surface area contributed by atoms with Crippen molar-refractivity contribution in [3.8, 4) is 0 Å². The molecule has 0 bridgehead atoms. The van der Waals surface area contributed by atoms with Gasteiger partial charge in [-0.15, -0.1) is 0 Å². The van der Waals surface area contributed by atoms with Gasteiger partial charge in [0.1, 0.15) is 5.69 Å². The minimum Gasteiger partial charge on any atom is -0.304 e. The van der Waals surface area contributed by atoms with Crippen LogP contribution in [0.4, 0.5) is 23.4 Å². The highest BCUT2D eigenvalue weighted by atomic mass is 127. The largest absolute Gasteiger partial charge is 0.304 e. The molecular formula is C15H10F4IN5O. The molecule has 0 spiro atoms. The van der Waals surface area contributed by atoms with Gasteiger partial charge in [0.15, 0.2) is 29.1 Å². The number of aryl methyl sites for hydroxylation is 1. The number of halogens is 5. The summed E-state index contributed by atoms with van der Waals surface area (Å²) in [6.45, 7) is -0.550. The lowest BCUT2D eigenvalue weighted by molar-refractivity contribution is 0.101. The van der Waals surface area contributed by atoms with Crippen LogP contribution in [0, 0.1) is 26.8 Å². The number of anilines is 1. The number of carbonyl (C=O) groups excluding carboxylic acids is 1. The first-order valence-corrected chi connectivity index (χ1v) is 8.20. The molecule has 0 aliphatic heterocycles. The standard InChI is InChI=1S/C15H10F4IN5O/c1-24-14(10(20)5-21-24)15(26)22-11-2-3-25(23-11)6-7-12(18)8(16)4-9(17)13(7)19/h2-5H,6H2,1H3,(H,22,23,26). The Labute approximate surface area is 157 Å². The summed E-state index contributed by atoms with van der Waals surface area (Å²) in [5, 5.41) is 10.4. The number of rotatable bonds is 4. The summed E-state index contributed by atoms with van der Waals surface area (Å²) >= 11 is 1.95. The van der Waals surface area contributed by atoms with E-state index in [9.17, 15) is 22.4 Å². The lowest BCUT2D eigenvalue weighted by Gasteiger charge is -2.07. The highest BCUT2D eigenvalue weighted by molar-refractivity contribution is 14.1. The molecule has 6 nitrogen and oxygen atoms in total. The summed E-state index contributed by atoms with van der Waals surface area (Å²) in [5.41, 5.74) is -0.492. The van der Waals surface area contributed by atoms with Gasteiger partial charge in [0.25, 0.3) is 5.91 Å². The molecule has 0 aliphatic rings. The molecule has 0 saturated heterocycles. The number of aromatic nitrogens is 4. The molecule has 1 N–H and O–H groups in total. The molecule has 0 saturated carbocycles. The minimum atomic E-state index is -1.50. The molecule has 0 atom stereocenters. The van der Waals surface area contributed by atoms with Crippen LogP contribution in [0.1, 0.15) is 16.1 Å². The molecule has 1 aromatic carbocycles. The highest BCUT2D eigenvalue weighted by Crippen LogP contribution is 2.20. The molecule has 26 heavy (non-hydrogen) atoms. The predicted molar refractivity (Wildman–Crippen MR) is 91.5 cm³/mol. The van der Waals surface area contributed by atoms with Crippen LogP contribution in [0.2, 0.25) is 0 Å². The van der Waals surface area contributed by atoms with Crippen molar-refractivity contribution in [3.63, 3.8) is 0 Å². The number of nitrogens with one attached hydrogen (secondary N) is 1. The van der Waals surface area contributed by atoms with Crippen molar-refractivity contribution in [1.29, 1.82) is 0 Å². The maximum Gasteiger partial charge on any atom is 0.276 e. The monoisotopic (exact) mass is 479 g/mol. The normalized spacial score (nSPS) is 11.0. The lowest BCUT2D eigenvalue weighted by atomic mass is 10.2. The van der Waals surface area contributed by atoms with E-state index in [0.29, 0.717) is 9.26 Å². The van der Waals surface area contributed by atoms with Gasteiger partial charge in [-0.05, 0) is 22.6 Å². The van der Waals surface area contributed by atoms with Gasteiger partial charge in [0, 0.05) is 25.4 Å². The molecule has 2 heterocycles. The van der Waals surface area contributed by atoms with Gasteiger partial charge >= 0.3 is 0 Å². The summed E-state index contributed by atoms with van der Waals surface area (Å²) in [5.74, 6) is -6.35. The zero-order chi connectivity index (χ0) is 19.0. The Bertz CT molecular complexity index is 955. The number of benzene rings is 1. The molecule has 2 aromatic heterocycles. The van der Waals surface area contributed by atoms with Crippen molar-refractivity contribution in [2.75, 3.05) is 5.32 Å². The summed E-state index contributed by atoms with van der Waals surface area (Å²) < 4.78 is 57.0. The van der Waals surface area contributed by atoms with Crippen molar-refractivity contribution in [2.24, 2.45) is 7.05 Å². The predicted octanol–water partition coefficient (Wildman–Crippen LogP) is 3.08. The second kappa shape index (κ2) is 7.05. The average molecular weight is 479 g/mol. The van der Waals surface area contributed by atoms with Gasteiger partial charge in [0.2, 0.25) is 0 Å². The summed E-state index contributed by atoms with van der Waals surface area (Å²) in [6.07, 6.45) is 2.82. The maximum atomic E-state index is 13.7. The molecule has 3 aromatic rings. The lowest BCUT2D eigenvalue weighted by Crippen LogP contribution is -2.18. The molecule has 0 fully saturated rings. The number of hydrogen-bond acceptors (Lipinski definition) is 3. The van der Waals surface area contributed by atoms with Gasteiger partial charge < -0.3 is 5.32 Å². The second-order valence-electron chi connectivity index (χ2n) is 5.26. The van der Waals surface area contributed by atoms with Gasteiger partial charge in [-0.2, -0.15) is 10.2 Å². The molecule has 0 unspecified atom stereocenters. The Morgan fingerprint density at radius 1 is 1.23 bits per heavy atom. The molecule has 11 heteroatoms. The highest BCUT2D eigenvalue weighted by Gasteiger charge is 2.20. The average Bonchev–Trinajstić information content (AvgIpc) is 3.16. The number of nitrogens with zero attached hydrogens (tertiary/aromatic N) is 4. The van der Waals surface area contributed by atoms with Gasteiger partial charge in [-0.1, -0.05) is 0 Å². The summed E-state index contributed by atoms with van der Waals surface area (Å²) in [4.78, 5) is 12.2. The van der Waals surface area contributed by atoms with E-state index in [0.717, 1.165) is 4.68 Å². The van der Waals surface area contributed by atoms with Crippen LogP contribution >= 0.6 is 22.6 Å². The molecule has 0 radical (unpaired) electrons. The van der Waals surface area contributed by atoms with E-state index < -0.39 is 41.3 Å². The number of amides is 1. The number of hydrogen-bond donors (Lipinski definition) is 1. The maximum absolute atomic E-state index is 13.7. The van der Waals surface area contributed by atoms with E-state index >= 15 is 0 Å². The zero-order valence-electron chi connectivity index (χ0n) is 13.1. The van der Waals surface area contributed by atoms with E-state index in [1.54, 1.807) is 7.05 Å². The molecule has 136 valence electrons. The molecule has 1 amide bonds. The fraction of sp³-hybridized carbons (Fsp3) is 0.133. The van der Waals surface area contributed by atoms with Crippen molar-refractivity contribution in [2.45, 2.75) is 6.54 Å². The quantitative estimate of drug-likeness (QED) is 0.356. The van der Waals surface area contributed by atoms with Crippen molar-refractivity contribution in [3.05, 3.63) is 62.6 Å². The third kappa shape index (κ3) is 3.43. The Morgan fingerprint density at radius 3 is 2.46 bits per heavy atom. The summed E-state index contributed by atoms with van der Waals surface area (Å²) in [6, 6.07) is 1.52. The van der Waals surface area contributed by atoms with Crippen LogP contribution in [-0.4, -0.2) is 25.5 Å². The molecule has 0 aliphatic carbocycles. The third-order valence-corrected chi connectivity index (χ3v) is 4.30. The van der Waals surface area contributed by atoms with Crippen molar-refractivity contribution < 1.29 is 22.4 Å². The van der Waals surface area contributed by atoms with E-state index in [4.69, 9.17) is 0 Å². The Morgan fingerprint density at radius 2 is 1.88 bits per heavy atom. The van der Waals surface area contributed by atoms with E-state index in [1.165, 1.54) is 23.1 Å². The SMILES string of the molecule is Cn1ncc(I)c1C(=O)Nc1ccn(Cc2c(F)c(F)cc(F)c2F)n1. The van der Waals surface area contributed by atoms with E-state index in [-0.39, 0.29) is 11.9 Å². The van der Waals surface area contributed by atoms with Crippen LogP contribution in [0.15, 0.2) is 24.5 Å². The fourth-order valence-corrected chi connectivity index (χ4v) is 3.00. The van der Waals surface area contributed by atoms with E-state index in [2.05, 4.69) is 15.5 Å². The van der Waals surface area contributed by atoms with Crippen LogP contribution in [0.3, 0.4) is 0 Å². The van der Waals surface area contributed by atoms with Crippen LogP contribution in [0.5, 0.6) is 0 Å². The van der Waals surface area contributed by atoms with Crippen molar-refractivity contribution in [1.82, 2.24) is 19.6 Å². The van der Waals surface area contributed by atoms with E-state index in [1.807, 2.05) is 22.6 Å². The zero-order valence-corrected chi connectivity index (χ0v) is 15.3. The van der Waals surface area contributed by atoms with Gasteiger partial charge in [-0.3, -0.25) is 14.2 Å². The van der Waals surface area contributed by atoms with Crippen LogP contribution < -0.4 is 5.32 Å². The Kier molecular flexibility index (Phi) is 4.98. The second-order valence-corrected chi connectivity index (χ2v) is 6.43. The first kappa shape index (κ1) is 18.4. The van der Waals surface area contributed by atoms with Crippen LogP contribution in [0.25, 0.3) is 0 Å². The molecule has 3 rings (SSSR count). The topological polar surface area (TPSA) is 64.7 Å². The van der Waals surface area contributed by atoms with Gasteiger partial charge in [-0.25, -0.2) is 17.6 Å². The summed E-state index contributed by atoms with van der Waals surface area (Å²) in [7, 11) is 1.60. The Hall–Kier alpha value is -2.44. The number of carbonyl (C=O) groups is 1. The first-order chi connectivity index (χ1) is 12.3.